The minimum absolute atomic E-state index is 0.249. The molecule has 1 aromatic heterocycles. The summed E-state index contributed by atoms with van der Waals surface area (Å²) < 4.78 is 0. The molecule has 0 saturated heterocycles. The van der Waals surface area contributed by atoms with Gasteiger partial charge in [-0.2, -0.15) is 0 Å². The van der Waals surface area contributed by atoms with E-state index in [0.29, 0.717) is 23.2 Å². The van der Waals surface area contributed by atoms with Crippen LogP contribution >= 0.6 is 11.6 Å². The number of nitrogens with zero attached hydrogens (tertiary/aromatic N) is 2. The van der Waals surface area contributed by atoms with Gasteiger partial charge in [-0.25, -0.2) is 9.97 Å². The van der Waals surface area contributed by atoms with Crippen molar-refractivity contribution in [3.63, 3.8) is 0 Å². The number of carbonyl (C=O) groups is 1. The Morgan fingerprint density at radius 2 is 1.88 bits per heavy atom. The van der Waals surface area contributed by atoms with Gasteiger partial charge in [0.05, 0.1) is 0 Å². The first-order valence-corrected chi connectivity index (χ1v) is 8.60. The van der Waals surface area contributed by atoms with Gasteiger partial charge < -0.3 is 10.6 Å². The highest BCUT2D eigenvalue weighted by Gasteiger charge is 2.10. The molecule has 26 heavy (non-hydrogen) atoms. The van der Waals surface area contributed by atoms with Gasteiger partial charge in [-0.05, 0) is 48.7 Å². The molecule has 6 heteroatoms. The Labute approximate surface area is 157 Å². The van der Waals surface area contributed by atoms with Crippen molar-refractivity contribution in [3.05, 3.63) is 82.1 Å². The summed E-state index contributed by atoms with van der Waals surface area (Å²) in [5.41, 5.74) is 4.20. The minimum Gasteiger partial charge on any atom is -0.347 e. The highest BCUT2D eigenvalue weighted by Crippen LogP contribution is 2.24. The van der Waals surface area contributed by atoms with Crippen molar-refractivity contribution in [1.82, 2.24) is 15.3 Å². The zero-order chi connectivity index (χ0) is 18.5. The molecular weight excluding hydrogens is 348 g/mol. The Morgan fingerprint density at radius 3 is 2.69 bits per heavy atom. The molecule has 0 radical (unpaired) electrons. The average molecular weight is 367 g/mol. The minimum atomic E-state index is -0.249. The number of benzene rings is 2. The van der Waals surface area contributed by atoms with E-state index in [1.54, 1.807) is 12.3 Å². The van der Waals surface area contributed by atoms with Gasteiger partial charge >= 0.3 is 0 Å². The number of aryl methyl sites for hydroxylation is 1. The van der Waals surface area contributed by atoms with E-state index in [2.05, 4.69) is 20.6 Å². The molecule has 0 aliphatic rings. The number of anilines is 2. The van der Waals surface area contributed by atoms with Gasteiger partial charge in [0, 0.05) is 23.5 Å². The molecule has 0 saturated carbocycles. The van der Waals surface area contributed by atoms with Crippen LogP contribution in [0.15, 0.2) is 54.7 Å². The van der Waals surface area contributed by atoms with Crippen LogP contribution in [-0.2, 0) is 6.54 Å². The van der Waals surface area contributed by atoms with Gasteiger partial charge in [0.15, 0.2) is 0 Å². The zero-order valence-electron chi connectivity index (χ0n) is 14.6. The van der Waals surface area contributed by atoms with Crippen molar-refractivity contribution in [3.8, 4) is 0 Å². The zero-order valence-corrected chi connectivity index (χ0v) is 15.3. The summed E-state index contributed by atoms with van der Waals surface area (Å²) in [7, 11) is 0. The molecule has 0 bridgehead atoms. The maximum Gasteiger partial charge on any atom is 0.270 e. The van der Waals surface area contributed by atoms with Gasteiger partial charge in [0.1, 0.15) is 5.69 Å². The summed E-state index contributed by atoms with van der Waals surface area (Å²) in [6.45, 7) is 4.37. The van der Waals surface area contributed by atoms with Crippen LogP contribution in [0.25, 0.3) is 0 Å². The molecule has 3 aromatic rings. The van der Waals surface area contributed by atoms with Crippen LogP contribution in [0.5, 0.6) is 0 Å². The topological polar surface area (TPSA) is 66.9 Å². The number of aromatic nitrogens is 2. The predicted molar refractivity (Wildman–Crippen MR) is 104 cm³/mol. The lowest BCUT2D eigenvalue weighted by Gasteiger charge is -2.10. The number of carbonyl (C=O) groups excluding carboxylic acids is 1. The molecule has 2 aromatic carbocycles. The molecule has 5 nitrogen and oxygen atoms in total. The first-order chi connectivity index (χ1) is 12.5. The summed E-state index contributed by atoms with van der Waals surface area (Å²) in [6.07, 6.45) is 1.55. The average Bonchev–Trinajstić information content (AvgIpc) is 2.65. The van der Waals surface area contributed by atoms with Gasteiger partial charge in [-0.1, -0.05) is 41.9 Å². The Hall–Kier alpha value is -2.92. The number of amides is 1. The molecule has 0 spiro atoms. The maximum atomic E-state index is 12.4. The molecule has 1 heterocycles. The number of hydrogen-bond donors (Lipinski definition) is 2. The molecule has 132 valence electrons. The summed E-state index contributed by atoms with van der Waals surface area (Å²) >= 11 is 6.13. The SMILES string of the molecule is Cc1ccccc1CNC(=O)c1ccnc(Nc2cccc(Cl)c2C)n1. The molecular formula is C20H19ClN4O. The van der Waals surface area contributed by atoms with Crippen molar-refractivity contribution in [2.75, 3.05) is 5.32 Å². The highest BCUT2D eigenvalue weighted by molar-refractivity contribution is 6.31. The van der Waals surface area contributed by atoms with Crippen LogP contribution in [0, 0.1) is 13.8 Å². The van der Waals surface area contributed by atoms with Crippen LogP contribution in [-0.4, -0.2) is 15.9 Å². The third-order valence-corrected chi connectivity index (χ3v) is 4.51. The van der Waals surface area contributed by atoms with E-state index < -0.39 is 0 Å². The van der Waals surface area contributed by atoms with E-state index >= 15 is 0 Å². The fraction of sp³-hybridized carbons (Fsp3) is 0.150. The summed E-state index contributed by atoms with van der Waals surface area (Å²) in [4.78, 5) is 20.9. The van der Waals surface area contributed by atoms with E-state index in [9.17, 15) is 4.79 Å². The fourth-order valence-corrected chi connectivity index (χ4v) is 2.66. The second kappa shape index (κ2) is 7.97. The van der Waals surface area contributed by atoms with E-state index in [-0.39, 0.29) is 5.91 Å². The molecule has 1 amide bonds. The van der Waals surface area contributed by atoms with Crippen LogP contribution in [0.1, 0.15) is 27.2 Å². The molecule has 0 atom stereocenters. The standard InChI is InChI=1S/C20H19ClN4O/c1-13-6-3-4-7-15(13)12-23-19(26)18-10-11-22-20(25-18)24-17-9-5-8-16(21)14(17)2/h3-11H,12H2,1-2H3,(H,23,26)(H,22,24,25). The third kappa shape index (κ3) is 4.18. The van der Waals surface area contributed by atoms with Crippen molar-refractivity contribution in [2.24, 2.45) is 0 Å². The van der Waals surface area contributed by atoms with Crippen LogP contribution in [0.3, 0.4) is 0 Å². The first kappa shape index (κ1) is 17.9. The molecule has 3 rings (SSSR count). The molecule has 0 aliphatic heterocycles. The van der Waals surface area contributed by atoms with E-state index in [1.165, 1.54) is 0 Å². The summed E-state index contributed by atoms with van der Waals surface area (Å²) in [5, 5.41) is 6.65. The molecule has 0 aliphatic carbocycles. The van der Waals surface area contributed by atoms with E-state index in [4.69, 9.17) is 11.6 Å². The van der Waals surface area contributed by atoms with Gasteiger partial charge in [0.25, 0.3) is 5.91 Å². The highest BCUT2D eigenvalue weighted by atomic mass is 35.5. The van der Waals surface area contributed by atoms with E-state index in [1.807, 2.05) is 56.3 Å². The first-order valence-electron chi connectivity index (χ1n) is 8.22. The largest absolute Gasteiger partial charge is 0.347 e. The second-order valence-corrected chi connectivity index (χ2v) is 6.32. The smallest absolute Gasteiger partial charge is 0.270 e. The Kier molecular flexibility index (Phi) is 5.49. The van der Waals surface area contributed by atoms with Crippen LogP contribution < -0.4 is 10.6 Å². The van der Waals surface area contributed by atoms with Crippen molar-refractivity contribution in [2.45, 2.75) is 20.4 Å². The lowest BCUT2D eigenvalue weighted by Crippen LogP contribution is -2.24. The fourth-order valence-electron chi connectivity index (χ4n) is 2.48. The lowest BCUT2D eigenvalue weighted by atomic mass is 10.1. The molecule has 0 unspecified atom stereocenters. The number of nitrogens with one attached hydrogen (secondary N) is 2. The Balaban J connectivity index is 1.71. The summed E-state index contributed by atoms with van der Waals surface area (Å²) in [6, 6.07) is 15.1. The Morgan fingerprint density at radius 1 is 1.08 bits per heavy atom. The monoisotopic (exact) mass is 366 g/mol. The molecule has 0 fully saturated rings. The van der Waals surface area contributed by atoms with Gasteiger partial charge in [-0.3, -0.25) is 4.79 Å². The van der Waals surface area contributed by atoms with Crippen molar-refractivity contribution in [1.29, 1.82) is 0 Å². The van der Waals surface area contributed by atoms with Crippen molar-refractivity contribution < 1.29 is 4.79 Å². The second-order valence-electron chi connectivity index (χ2n) is 5.91. The maximum absolute atomic E-state index is 12.4. The van der Waals surface area contributed by atoms with E-state index in [0.717, 1.165) is 22.4 Å². The van der Waals surface area contributed by atoms with Crippen LogP contribution in [0.2, 0.25) is 5.02 Å². The van der Waals surface area contributed by atoms with Gasteiger partial charge in [-0.15, -0.1) is 0 Å². The summed E-state index contributed by atoms with van der Waals surface area (Å²) in [5.74, 6) is 0.0976. The number of hydrogen-bond acceptors (Lipinski definition) is 4. The number of rotatable bonds is 5. The lowest BCUT2D eigenvalue weighted by molar-refractivity contribution is 0.0946. The normalized spacial score (nSPS) is 10.4. The quantitative estimate of drug-likeness (QED) is 0.701. The van der Waals surface area contributed by atoms with Gasteiger partial charge in [0.2, 0.25) is 5.95 Å². The predicted octanol–water partition coefficient (Wildman–Crippen LogP) is 4.42. The molecule has 2 N–H and O–H groups in total. The van der Waals surface area contributed by atoms with Crippen molar-refractivity contribution >= 4 is 29.1 Å². The van der Waals surface area contributed by atoms with Crippen LogP contribution in [0.4, 0.5) is 11.6 Å². The number of halogens is 1. The third-order valence-electron chi connectivity index (χ3n) is 4.10. The Bertz CT molecular complexity index is 943.